The topological polar surface area (TPSA) is 73.6 Å². The first-order valence-electron chi connectivity index (χ1n) is 6.87. The maximum Gasteiger partial charge on any atom is 0.310 e. The Morgan fingerprint density at radius 1 is 1.55 bits per heavy atom. The third-order valence-electron chi connectivity index (χ3n) is 3.32. The molecule has 1 aromatic rings. The van der Waals surface area contributed by atoms with Gasteiger partial charge in [-0.05, 0) is 31.5 Å². The zero-order valence-corrected chi connectivity index (χ0v) is 11.6. The molecule has 0 radical (unpaired) electrons. The molecule has 6 heteroatoms. The Kier molecular flexibility index (Phi) is 5.31. The van der Waals surface area contributed by atoms with Crippen molar-refractivity contribution in [1.82, 2.24) is 5.32 Å². The average molecular weight is 280 g/mol. The molecule has 1 aromatic carbocycles. The molecule has 1 N–H and O–H groups in total. The molecule has 0 aliphatic carbocycles. The molecule has 0 bridgehead atoms. The van der Waals surface area contributed by atoms with Gasteiger partial charge in [-0.15, -0.1) is 0 Å². The largest absolute Gasteiger partial charge is 0.487 e. The Balaban J connectivity index is 1.98. The van der Waals surface area contributed by atoms with E-state index in [0.717, 1.165) is 31.4 Å². The molecule has 1 aliphatic heterocycles. The van der Waals surface area contributed by atoms with Crippen molar-refractivity contribution in [3.63, 3.8) is 0 Å². The predicted molar refractivity (Wildman–Crippen MR) is 74.9 cm³/mol. The van der Waals surface area contributed by atoms with Gasteiger partial charge in [-0.3, -0.25) is 10.1 Å². The van der Waals surface area contributed by atoms with Crippen LogP contribution in [0.4, 0.5) is 5.69 Å². The van der Waals surface area contributed by atoms with Gasteiger partial charge in [0.2, 0.25) is 0 Å². The van der Waals surface area contributed by atoms with Crippen molar-refractivity contribution in [1.29, 1.82) is 0 Å². The summed E-state index contributed by atoms with van der Waals surface area (Å²) >= 11 is 0. The monoisotopic (exact) mass is 280 g/mol. The number of nitrogens with one attached hydrogen (secondary N) is 1. The van der Waals surface area contributed by atoms with E-state index in [-0.39, 0.29) is 11.8 Å². The highest BCUT2D eigenvalue weighted by molar-refractivity contribution is 5.48. The highest BCUT2D eigenvalue weighted by atomic mass is 16.6. The summed E-state index contributed by atoms with van der Waals surface area (Å²) < 4.78 is 11.1. The minimum atomic E-state index is -0.412. The van der Waals surface area contributed by atoms with Gasteiger partial charge in [0.15, 0.2) is 5.75 Å². The molecule has 1 unspecified atom stereocenters. The number of nitro benzene ring substituents is 1. The quantitative estimate of drug-likeness (QED) is 0.612. The van der Waals surface area contributed by atoms with Crippen molar-refractivity contribution < 1.29 is 14.4 Å². The number of ether oxygens (including phenoxy) is 2. The van der Waals surface area contributed by atoms with E-state index in [2.05, 4.69) is 5.32 Å². The van der Waals surface area contributed by atoms with Gasteiger partial charge in [-0.25, -0.2) is 0 Å². The summed E-state index contributed by atoms with van der Waals surface area (Å²) in [7, 11) is 1.83. The van der Waals surface area contributed by atoms with Crippen LogP contribution in [-0.4, -0.2) is 31.3 Å². The van der Waals surface area contributed by atoms with E-state index in [0.29, 0.717) is 18.9 Å². The minimum absolute atomic E-state index is 0.0113. The van der Waals surface area contributed by atoms with Crippen LogP contribution in [0.1, 0.15) is 24.8 Å². The van der Waals surface area contributed by atoms with Crippen LogP contribution in [0.5, 0.6) is 5.75 Å². The number of hydrogen-bond donors (Lipinski definition) is 1. The molecular weight excluding hydrogens is 260 g/mol. The zero-order valence-electron chi connectivity index (χ0n) is 11.6. The highest BCUT2D eigenvalue weighted by Gasteiger charge is 2.18. The summed E-state index contributed by atoms with van der Waals surface area (Å²) in [6.45, 7) is 1.90. The van der Waals surface area contributed by atoms with Crippen LogP contribution in [0.15, 0.2) is 18.2 Å². The van der Waals surface area contributed by atoms with E-state index in [1.807, 2.05) is 7.05 Å². The first kappa shape index (κ1) is 14.7. The van der Waals surface area contributed by atoms with Gasteiger partial charge in [0.1, 0.15) is 0 Å². The van der Waals surface area contributed by atoms with Crippen molar-refractivity contribution in [2.24, 2.45) is 0 Å². The molecule has 0 amide bonds. The third-order valence-corrected chi connectivity index (χ3v) is 3.32. The average Bonchev–Trinajstić information content (AvgIpc) is 2.92. The van der Waals surface area contributed by atoms with Crippen molar-refractivity contribution >= 4 is 5.69 Å². The minimum Gasteiger partial charge on any atom is -0.487 e. The van der Waals surface area contributed by atoms with E-state index >= 15 is 0 Å². The van der Waals surface area contributed by atoms with Gasteiger partial charge < -0.3 is 14.8 Å². The lowest BCUT2D eigenvalue weighted by atomic mass is 10.2. The van der Waals surface area contributed by atoms with E-state index in [4.69, 9.17) is 9.47 Å². The van der Waals surface area contributed by atoms with E-state index in [9.17, 15) is 10.1 Å². The first-order chi connectivity index (χ1) is 9.70. The molecule has 20 heavy (non-hydrogen) atoms. The van der Waals surface area contributed by atoms with Gasteiger partial charge in [0.05, 0.1) is 17.6 Å². The smallest absolute Gasteiger partial charge is 0.310 e. The maximum atomic E-state index is 11.0. The second kappa shape index (κ2) is 7.21. The van der Waals surface area contributed by atoms with Gasteiger partial charge >= 0.3 is 5.69 Å². The molecule has 2 rings (SSSR count). The molecule has 1 heterocycles. The fraction of sp³-hybridized carbons (Fsp3) is 0.571. The Hall–Kier alpha value is -1.66. The lowest BCUT2D eigenvalue weighted by molar-refractivity contribution is -0.385. The lowest BCUT2D eigenvalue weighted by Gasteiger charge is -2.11. The van der Waals surface area contributed by atoms with Crippen LogP contribution >= 0.6 is 0 Å². The summed E-state index contributed by atoms with van der Waals surface area (Å²) in [6.07, 6.45) is 3.13. The molecule has 1 atom stereocenters. The van der Waals surface area contributed by atoms with Gasteiger partial charge in [0.25, 0.3) is 0 Å². The van der Waals surface area contributed by atoms with Crippen LogP contribution in [0, 0.1) is 10.1 Å². The van der Waals surface area contributed by atoms with Crippen molar-refractivity contribution in [2.45, 2.75) is 31.9 Å². The summed E-state index contributed by atoms with van der Waals surface area (Å²) in [5.74, 6) is 0.334. The Labute approximate surface area is 118 Å². The fourth-order valence-electron chi connectivity index (χ4n) is 2.31. The molecule has 110 valence electrons. The second-order valence-electron chi connectivity index (χ2n) is 4.86. The highest BCUT2D eigenvalue weighted by Crippen LogP contribution is 2.28. The normalized spacial score (nSPS) is 18.1. The Morgan fingerprint density at radius 3 is 3.05 bits per heavy atom. The molecular formula is C14H20N2O4. The number of benzene rings is 1. The van der Waals surface area contributed by atoms with Crippen LogP contribution in [0.3, 0.4) is 0 Å². The summed E-state index contributed by atoms with van der Waals surface area (Å²) in [6, 6.07) is 4.96. The fourth-order valence-corrected chi connectivity index (χ4v) is 2.31. The van der Waals surface area contributed by atoms with Crippen LogP contribution in [-0.2, 0) is 11.3 Å². The van der Waals surface area contributed by atoms with Gasteiger partial charge in [-0.1, -0.05) is 6.07 Å². The SMILES string of the molecule is CNCc1ccc([N+](=O)[O-])c(OCCC2CCCO2)c1. The molecule has 6 nitrogen and oxygen atoms in total. The molecule has 0 aromatic heterocycles. The Bertz CT molecular complexity index is 458. The standard InChI is InChI=1S/C14H20N2O4/c1-15-10-11-4-5-13(16(17)18)14(9-11)20-8-6-12-3-2-7-19-12/h4-5,9,12,15H,2-3,6-8,10H2,1H3. The first-order valence-corrected chi connectivity index (χ1v) is 6.87. The number of nitro groups is 1. The van der Waals surface area contributed by atoms with E-state index < -0.39 is 4.92 Å². The van der Waals surface area contributed by atoms with Crippen molar-refractivity contribution in [3.05, 3.63) is 33.9 Å². The third kappa shape index (κ3) is 3.91. The molecule has 1 fully saturated rings. The van der Waals surface area contributed by atoms with Gasteiger partial charge in [0, 0.05) is 25.6 Å². The number of rotatable bonds is 7. The summed E-state index contributed by atoms with van der Waals surface area (Å²) in [5.41, 5.74) is 0.974. The zero-order chi connectivity index (χ0) is 14.4. The second-order valence-corrected chi connectivity index (χ2v) is 4.86. The van der Waals surface area contributed by atoms with Gasteiger partial charge in [-0.2, -0.15) is 0 Å². The molecule has 0 spiro atoms. The number of hydrogen-bond acceptors (Lipinski definition) is 5. The molecule has 1 aliphatic rings. The Morgan fingerprint density at radius 2 is 2.40 bits per heavy atom. The van der Waals surface area contributed by atoms with Crippen LogP contribution in [0.2, 0.25) is 0 Å². The lowest BCUT2D eigenvalue weighted by Crippen LogP contribution is -2.12. The summed E-state index contributed by atoms with van der Waals surface area (Å²) in [5, 5.41) is 14.0. The number of nitrogens with zero attached hydrogens (tertiary/aromatic N) is 1. The van der Waals surface area contributed by atoms with Crippen molar-refractivity contribution in [2.75, 3.05) is 20.3 Å². The maximum absolute atomic E-state index is 11.0. The van der Waals surface area contributed by atoms with E-state index in [1.165, 1.54) is 6.07 Å². The predicted octanol–water partition coefficient (Wildman–Crippen LogP) is 2.26. The van der Waals surface area contributed by atoms with Crippen LogP contribution in [0.25, 0.3) is 0 Å². The summed E-state index contributed by atoms with van der Waals surface area (Å²) in [4.78, 5) is 10.6. The van der Waals surface area contributed by atoms with Crippen molar-refractivity contribution in [3.8, 4) is 5.75 Å². The molecule has 1 saturated heterocycles. The molecule has 0 saturated carbocycles. The van der Waals surface area contributed by atoms with E-state index in [1.54, 1.807) is 12.1 Å². The van der Waals surface area contributed by atoms with Crippen LogP contribution < -0.4 is 10.1 Å².